The zero-order chi connectivity index (χ0) is 15.4. The zero-order valence-electron chi connectivity index (χ0n) is 10.2. The topological polar surface area (TPSA) is 110 Å². The molecule has 1 rings (SSSR count). The fourth-order valence-corrected chi connectivity index (χ4v) is 1.57. The van der Waals surface area contributed by atoms with Crippen molar-refractivity contribution in [1.29, 1.82) is 0 Å². The van der Waals surface area contributed by atoms with E-state index >= 15 is 0 Å². The molecular formula is C11H10ClFN2O5. The summed E-state index contributed by atoms with van der Waals surface area (Å²) >= 11 is 5.43. The predicted molar refractivity (Wildman–Crippen MR) is 67.0 cm³/mol. The van der Waals surface area contributed by atoms with E-state index in [0.717, 1.165) is 12.1 Å². The van der Waals surface area contributed by atoms with Gasteiger partial charge in [-0.3, -0.25) is 19.7 Å². The third kappa shape index (κ3) is 3.89. The standard InChI is InChI=1S/C11H10ClFN2O5/c1-5(11(17)18)14-10(16)3-6-2-8(13)7(12)4-9(6)15(19)20/h2,4-5H,3H2,1H3,(H,14,16)(H,17,18)/t5-/m0/s1. The van der Waals surface area contributed by atoms with Gasteiger partial charge in [-0.05, 0) is 13.0 Å². The number of hydrogen-bond donors (Lipinski definition) is 2. The Bertz CT molecular complexity index is 578. The van der Waals surface area contributed by atoms with E-state index < -0.39 is 45.8 Å². The second-order valence-corrected chi connectivity index (χ2v) is 4.36. The highest BCUT2D eigenvalue weighted by atomic mass is 35.5. The van der Waals surface area contributed by atoms with Gasteiger partial charge in [0.2, 0.25) is 5.91 Å². The third-order valence-electron chi connectivity index (χ3n) is 2.42. The van der Waals surface area contributed by atoms with Gasteiger partial charge in [0.1, 0.15) is 11.9 Å². The highest BCUT2D eigenvalue weighted by Crippen LogP contribution is 2.26. The minimum Gasteiger partial charge on any atom is -0.480 e. The summed E-state index contributed by atoms with van der Waals surface area (Å²) in [5.41, 5.74) is -0.693. The lowest BCUT2D eigenvalue weighted by atomic mass is 10.1. The van der Waals surface area contributed by atoms with E-state index in [-0.39, 0.29) is 5.56 Å². The number of carbonyl (C=O) groups is 2. The highest BCUT2D eigenvalue weighted by molar-refractivity contribution is 6.31. The molecule has 7 nitrogen and oxygen atoms in total. The van der Waals surface area contributed by atoms with Gasteiger partial charge in [0, 0.05) is 11.6 Å². The molecule has 0 aliphatic rings. The lowest BCUT2D eigenvalue weighted by molar-refractivity contribution is -0.385. The summed E-state index contributed by atoms with van der Waals surface area (Å²) in [5, 5.41) is 21.1. The molecule has 20 heavy (non-hydrogen) atoms. The summed E-state index contributed by atoms with van der Waals surface area (Å²) in [6.07, 6.45) is -0.526. The van der Waals surface area contributed by atoms with E-state index in [9.17, 15) is 24.1 Å². The summed E-state index contributed by atoms with van der Waals surface area (Å²) in [4.78, 5) is 32.1. The van der Waals surface area contributed by atoms with Crippen molar-refractivity contribution >= 4 is 29.2 Å². The molecule has 0 bridgehead atoms. The molecule has 0 spiro atoms. The van der Waals surface area contributed by atoms with Crippen molar-refractivity contribution in [3.8, 4) is 0 Å². The number of benzene rings is 1. The predicted octanol–water partition coefficient (Wildman–Crippen LogP) is 1.52. The molecule has 1 aromatic carbocycles. The molecule has 0 heterocycles. The number of nitro groups is 1. The van der Waals surface area contributed by atoms with Gasteiger partial charge in [0.05, 0.1) is 16.4 Å². The molecule has 0 saturated carbocycles. The number of carbonyl (C=O) groups excluding carboxylic acids is 1. The monoisotopic (exact) mass is 304 g/mol. The Hall–Kier alpha value is -2.22. The molecule has 108 valence electrons. The van der Waals surface area contributed by atoms with Gasteiger partial charge in [0.15, 0.2) is 0 Å². The second-order valence-electron chi connectivity index (χ2n) is 3.96. The van der Waals surface area contributed by atoms with Crippen LogP contribution < -0.4 is 5.32 Å². The molecule has 1 atom stereocenters. The van der Waals surface area contributed by atoms with Crippen LogP contribution in [0.25, 0.3) is 0 Å². The van der Waals surface area contributed by atoms with Crippen LogP contribution in [0.15, 0.2) is 12.1 Å². The van der Waals surface area contributed by atoms with Gasteiger partial charge in [-0.15, -0.1) is 0 Å². The Morgan fingerprint density at radius 2 is 2.15 bits per heavy atom. The third-order valence-corrected chi connectivity index (χ3v) is 2.71. The van der Waals surface area contributed by atoms with Gasteiger partial charge in [-0.2, -0.15) is 0 Å². The fraction of sp³-hybridized carbons (Fsp3) is 0.273. The molecule has 0 aliphatic heterocycles. The highest BCUT2D eigenvalue weighted by Gasteiger charge is 2.21. The summed E-state index contributed by atoms with van der Waals surface area (Å²) in [5.74, 6) is -2.92. The smallest absolute Gasteiger partial charge is 0.325 e. The fourth-order valence-electron chi connectivity index (χ4n) is 1.42. The number of aliphatic carboxylic acids is 1. The van der Waals surface area contributed by atoms with E-state index in [4.69, 9.17) is 16.7 Å². The summed E-state index contributed by atoms with van der Waals surface area (Å²) < 4.78 is 13.3. The molecule has 0 aromatic heterocycles. The first kappa shape index (κ1) is 15.8. The number of halogens is 2. The molecule has 0 aliphatic carbocycles. The van der Waals surface area contributed by atoms with Gasteiger partial charge in [-0.1, -0.05) is 11.6 Å². The van der Waals surface area contributed by atoms with Gasteiger partial charge >= 0.3 is 5.97 Å². The van der Waals surface area contributed by atoms with Crippen molar-refractivity contribution in [3.05, 3.63) is 38.7 Å². The second kappa shape index (κ2) is 6.29. The summed E-state index contributed by atoms with van der Waals surface area (Å²) in [7, 11) is 0. The maximum Gasteiger partial charge on any atom is 0.325 e. The van der Waals surface area contributed by atoms with Crippen molar-refractivity contribution in [2.45, 2.75) is 19.4 Å². The molecule has 0 radical (unpaired) electrons. The average molecular weight is 305 g/mol. The lowest BCUT2D eigenvalue weighted by Gasteiger charge is -2.09. The molecule has 0 fully saturated rings. The Kier molecular flexibility index (Phi) is 4.98. The summed E-state index contributed by atoms with van der Waals surface area (Å²) in [6.45, 7) is 1.23. The first-order valence-electron chi connectivity index (χ1n) is 5.37. The zero-order valence-corrected chi connectivity index (χ0v) is 11.0. The van der Waals surface area contributed by atoms with E-state index in [0.29, 0.717) is 0 Å². The number of nitro benzene ring substituents is 1. The number of hydrogen-bond acceptors (Lipinski definition) is 4. The van der Waals surface area contributed by atoms with Crippen molar-refractivity contribution < 1.29 is 24.0 Å². The maximum absolute atomic E-state index is 13.3. The number of carboxylic acid groups (broad SMARTS) is 1. The van der Waals surface area contributed by atoms with Crippen LogP contribution in [0.2, 0.25) is 5.02 Å². The van der Waals surface area contributed by atoms with E-state index in [1.54, 1.807) is 0 Å². The molecule has 0 saturated heterocycles. The van der Waals surface area contributed by atoms with E-state index in [1.807, 2.05) is 0 Å². The number of carboxylic acids is 1. The number of nitrogens with zero attached hydrogens (tertiary/aromatic N) is 1. The maximum atomic E-state index is 13.3. The van der Waals surface area contributed by atoms with Gasteiger partial charge < -0.3 is 10.4 Å². The van der Waals surface area contributed by atoms with E-state index in [1.165, 1.54) is 6.92 Å². The van der Waals surface area contributed by atoms with Gasteiger partial charge in [-0.25, -0.2) is 4.39 Å². The number of nitrogens with one attached hydrogen (secondary N) is 1. The van der Waals surface area contributed by atoms with Crippen LogP contribution in [-0.4, -0.2) is 27.9 Å². The molecule has 1 amide bonds. The van der Waals surface area contributed by atoms with E-state index in [2.05, 4.69) is 5.32 Å². The molecule has 0 unspecified atom stereocenters. The molecular weight excluding hydrogens is 295 g/mol. The SMILES string of the molecule is C[C@H](NC(=O)Cc1cc(F)c(Cl)cc1[N+](=O)[O-])C(=O)O. The van der Waals surface area contributed by atoms with Crippen molar-refractivity contribution in [1.82, 2.24) is 5.32 Å². The first-order valence-corrected chi connectivity index (χ1v) is 5.74. The van der Waals surface area contributed by atoms with Crippen LogP contribution in [-0.2, 0) is 16.0 Å². The molecule has 1 aromatic rings. The summed E-state index contributed by atoms with van der Waals surface area (Å²) in [6, 6.07) is 0.435. The van der Waals surface area contributed by atoms with Crippen LogP contribution in [0, 0.1) is 15.9 Å². The number of amides is 1. The van der Waals surface area contributed by atoms with Crippen molar-refractivity contribution in [3.63, 3.8) is 0 Å². The van der Waals surface area contributed by atoms with Crippen LogP contribution in [0.1, 0.15) is 12.5 Å². The van der Waals surface area contributed by atoms with Crippen LogP contribution in [0.5, 0.6) is 0 Å². The Balaban J connectivity index is 2.97. The first-order chi connectivity index (χ1) is 9.22. The van der Waals surface area contributed by atoms with Gasteiger partial charge in [0.25, 0.3) is 5.69 Å². The Labute approximate surface area is 117 Å². The van der Waals surface area contributed by atoms with Crippen molar-refractivity contribution in [2.75, 3.05) is 0 Å². The van der Waals surface area contributed by atoms with Crippen molar-refractivity contribution in [2.24, 2.45) is 0 Å². The quantitative estimate of drug-likeness (QED) is 0.633. The molecule has 9 heteroatoms. The Morgan fingerprint density at radius 3 is 2.65 bits per heavy atom. The minimum atomic E-state index is -1.25. The lowest BCUT2D eigenvalue weighted by Crippen LogP contribution is -2.39. The minimum absolute atomic E-state index is 0.188. The largest absolute Gasteiger partial charge is 0.480 e. The van der Waals surface area contributed by atoms with Crippen LogP contribution in [0.4, 0.5) is 10.1 Å². The normalized spacial score (nSPS) is 11.8. The average Bonchev–Trinajstić information content (AvgIpc) is 2.32. The van der Waals surface area contributed by atoms with Crippen LogP contribution >= 0.6 is 11.6 Å². The van der Waals surface area contributed by atoms with Crippen LogP contribution in [0.3, 0.4) is 0 Å². The molecule has 2 N–H and O–H groups in total. The number of rotatable bonds is 5. The Morgan fingerprint density at radius 1 is 1.55 bits per heavy atom.